The molecule has 0 unspecified atom stereocenters. The average Bonchev–Trinajstić information content (AvgIpc) is 3.53. The molecule has 0 saturated carbocycles. The van der Waals surface area contributed by atoms with Crippen LogP contribution in [-0.4, -0.2) is 57.6 Å². The second-order valence-corrected chi connectivity index (χ2v) is 8.91. The molecular weight excluding hydrogens is 376 g/mol. The van der Waals surface area contributed by atoms with Crippen molar-refractivity contribution in [1.29, 1.82) is 0 Å². The third-order valence-corrected chi connectivity index (χ3v) is 7.29. The topological polar surface area (TPSA) is 65.4 Å². The molecule has 0 aliphatic carbocycles. The van der Waals surface area contributed by atoms with Crippen LogP contribution in [0.15, 0.2) is 52.9 Å². The molecule has 3 aromatic rings. The fourth-order valence-corrected chi connectivity index (χ4v) is 5.93. The van der Waals surface area contributed by atoms with Gasteiger partial charge in [-0.15, -0.1) is 0 Å². The Hall–Kier alpha value is -2.86. The largest absolute Gasteiger partial charge is 0.460 e. The first-order chi connectivity index (χ1) is 14.7. The summed E-state index contributed by atoms with van der Waals surface area (Å²) < 4.78 is 5.69. The van der Waals surface area contributed by atoms with Gasteiger partial charge in [0, 0.05) is 24.6 Å². The van der Waals surface area contributed by atoms with E-state index >= 15 is 0 Å². The van der Waals surface area contributed by atoms with Gasteiger partial charge in [0.25, 0.3) is 5.91 Å². The van der Waals surface area contributed by atoms with Gasteiger partial charge in [0.1, 0.15) is 11.5 Å². The Balaban J connectivity index is 1.33. The highest BCUT2D eigenvalue weighted by atomic mass is 16.3. The zero-order chi connectivity index (χ0) is 20.2. The van der Waals surface area contributed by atoms with Crippen molar-refractivity contribution in [2.45, 2.75) is 37.8 Å². The standard InChI is InChI=1S/C24H26N4O2/c1-15-7-8-21(30-15)19-13-20(26-25-19)24(29)28-14-18(16-5-3-2-4-6-16)23-22(28)17-9-11-27(23)12-10-17/h2-8,13,17-18,22-23H,9-12,14H2,1H3,(H,25,26)/t18-,22+,23+/m0/s1. The van der Waals surface area contributed by atoms with E-state index in [1.807, 2.05) is 25.1 Å². The molecule has 1 aromatic carbocycles. The number of furan rings is 1. The molecule has 4 aliphatic heterocycles. The lowest BCUT2D eigenvalue weighted by Gasteiger charge is -2.51. The van der Waals surface area contributed by atoms with Crippen molar-refractivity contribution < 1.29 is 9.21 Å². The van der Waals surface area contributed by atoms with Gasteiger partial charge in [0.15, 0.2) is 11.5 Å². The number of hydrogen-bond acceptors (Lipinski definition) is 4. The predicted octanol–water partition coefficient (Wildman–Crippen LogP) is 3.68. The number of aromatic nitrogens is 2. The van der Waals surface area contributed by atoms with E-state index in [1.165, 1.54) is 18.4 Å². The number of carbonyl (C=O) groups excluding carboxylic acids is 1. The lowest BCUT2D eigenvalue weighted by molar-refractivity contribution is -0.00358. The lowest BCUT2D eigenvalue weighted by Crippen LogP contribution is -2.60. The molecular formula is C24H26N4O2. The van der Waals surface area contributed by atoms with Crippen molar-refractivity contribution in [1.82, 2.24) is 20.0 Å². The summed E-state index contributed by atoms with van der Waals surface area (Å²) in [7, 11) is 0. The first-order valence-electron chi connectivity index (χ1n) is 10.9. The van der Waals surface area contributed by atoms with Crippen LogP contribution in [0.4, 0.5) is 0 Å². The molecule has 4 saturated heterocycles. The zero-order valence-electron chi connectivity index (χ0n) is 17.1. The molecule has 4 fully saturated rings. The van der Waals surface area contributed by atoms with E-state index in [0.717, 1.165) is 31.1 Å². The van der Waals surface area contributed by atoms with Crippen molar-refractivity contribution in [3.63, 3.8) is 0 Å². The van der Waals surface area contributed by atoms with Crippen LogP contribution in [0.2, 0.25) is 0 Å². The molecule has 0 radical (unpaired) electrons. The number of nitrogens with one attached hydrogen (secondary N) is 1. The summed E-state index contributed by atoms with van der Waals surface area (Å²) in [6.45, 7) is 4.98. The van der Waals surface area contributed by atoms with Gasteiger partial charge in [-0.05, 0) is 56.5 Å². The average molecular weight is 402 g/mol. The number of H-pyrrole nitrogens is 1. The van der Waals surface area contributed by atoms with Gasteiger partial charge in [-0.2, -0.15) is 5.10 Å². The summed E-state index contributed by atoms with van der Waals surface area (Å²) in [6, 6.07) is 17.0. The number of aryl methyl sites for hydroxylation is 1. The number of carbonyl (C=O) groups is 1. The van der Waals surface area contributed by atoms with Crippen molar-refractivity contribution in [2.75, 3.05) is 19.6 Å². The van der Waals surface area contributed by atoms with Crippen LogP contribution in [0, 0.1) is 12.8 Å². The maximum absolute atomic E-state index is 13.6. The third kappa shape index (κ3) is 2.74. The Bertz CT molecular complexity index is 1060. The van der Waals surface area contributed by atoms with Crippen LogP contribution >= 0.6 is 0 Å². The number of amides is 1. The number of likely N-dealkylation sites (tertiary alicyclic amines) is 1. The quantitative estimate of drug-likeness (QED) is 0.726. The molecule has 3 atom stereocenters. The monoisotopic (exact) mass is 402 g/mol. The predicted molar refractivity (Wildman–Crippen MR) is 113 cm³/mol. The fourth-order valence-electron chi connectivity index (χ4n) is 5.93. The number of nitrogens with zero attached hydrogens (tertiary/aromatic N) is 3. The fraction of sp³-hybridized carbons (Fsp3) is 0.417. The highest BCUT2D eigenvalue weighted by Crippen LogP contribution is 2.46. The molecule has 2 aromatic heterocycles. The number of rotatable bonds is 3. The van der Waals surface area contributed by atoms with E-state index in [1.54, 1.807) is 0 Å². The number of fused-ring (bicyclic) bond motifs is 2. The van der Waals surface area contributed by atoms with Crippen molar-refractivity contribution in [3.8, 4) is 11.5 Å². The van der Waals surface area contributed by atoms with Gasteiger partial charge >= 0.3 is 0 Å². The first-order valence-corrected chi connectivity index (χ1v) is 10.9. The second kappa shape index (κ2) is 6.84. The summed E-state index contributed by atoms with van der Waals surface area (Å²) in [5.74, 6) is 2.53. The van der Waals surface area contributed by atoms with Gasteiger partial charge in [-0.1, -0.05) is 30.3 Å². The molecule has 1 N–H and O–H groups in total. The number of benzene rings is 1. The third-order valence-electron chi connectivity index (χ3n) is 7.29. The summed E-state index contributed by atoms with van der Waals surface area (Å²) in [4.78, 5) is 18.3. The van der Waals surface area contributed by atoms with Crippen LogP contribution in [0.25, 0.3) is 11.5 Å². The highest BCUT2D eigenvalue weighted by Gasteiger charge is 2.54. The number of hydrogen-bond donors (Lipinski definition) is 1. The molecule has 30 heavy (non-hydrogen) atoms. The Morgan fingerprint density at radius 1 is 1.10 bits per heavy atom. The molecule has 7 rings (SSSR count). The molecule has 4 aliphatic rings. The van der Waals surface area contributed by atoms with Crippen LogP contribution < -0.4 is 0 Å². The first kappa shape index (κ1) is 18.0. The Kier molecular flexibility index (Phi) is 4.09. The molecule has 1 amide bonds. The maximum Gasteiger partial charge on any atom is 0.274 e. The van der Waals surface area contributed by atoms with Crippen LogP contribution in [0.1, 0.15) is 40.6 Å². The van der Waals surface area contributed by atoms with Crippen LogP contribution in [-0.2, 0) is 0 Å². The molecule has 154 valence electrons. The van der Waals surface area contributed by atoms with Crippen molar-refractivity contribution >= 4 is 5.91 Å². The van der Waals surface area contributed by atoms with E-state index in [9.17, 15) is 4.79 Å². The maximum atomic E-state index is 13.6. The summed E-state index contributed by atoms with van der Waals surface area (Å²) >= 11 is 0. The van der Waals surface area contributed by atoms with Gasteiger partial charge < -0.3 is 9.32 Å². The van der Waals surface area contributed by atoms with E-state index in [0.29, 0.717) is 29.3 Å². The minimum absolute atomic E-state index is 0.0305. The van der Waals surface area contributed by atoms with E-state index in [4.69, 9.17) is 4.42 Å². The van der Waals surface area contributed by atoms with Crippen LogP contribution in [0.3, 0.4) is 0 Å². The highest BCUT2D eigenvalue weighted by molar-refractivity contribution is 5.94. The Morgan fingerprint density at radius 2 is 1.90 bits per heavy atom. The summed E-state index contributed by atoms with van der Waals surface area (Å²) in [6.07, 6.45) is 2.37. The van der Waals surface area contributed by atoms with E-state index < -0.39 is 0 Å². The molecule has 6 heteroatoms. The Labute approximate surface area is 175 Å². The van der Waals surface area contributed by atoms with Crippen molar-refractivity contribution in [3.05, 3.63) is 65.5 Å². The SMILES string of the molecule is Cc1ccc(-c2cc(C(=O)N3C[C@@H](c4ccccc4)[C@@H]4[C@H]3C3CCN4CC3)n[nH]2)o1. The minimum atomic E-state index is 0.0305. The van der Waals surface area contributed by atoms with Crippen LogP contribution in [0.5, 0.6) is 0 Å². The smallest absolute Gasteiger partial charge is 0.274 e. The van der Waals surface area contributed by atoms with Gasteiger partial charge in [-0.25, -0.2) is 0 Å². The normalized spacial score (nSPS) is 29.9. The number of piperidine rings is 3. The number of aromatic amines is 1. The Morgan fingerprint density at radius 3 is 2.63 bits per heavy atom. The minimum Gasteiger partial charge on any atom is -0.460 e. The summed E-state index contributed by atoms with van der Waals surface area (Å²) in [5.41, 5.74) is 2.56. The molecule has 2 bridgehead atoms. The van der Waals surface area contributed by atoms with E-state index in [2.05, 4.69) is 50.3 Å². The van der Waals surface area contributed by atoms with E-state index in [-0.39, 0.29) is 11.9 Å². The molecule has 6 nitrogen and oxygen atoms in total. The molecule has 0 spiro atoms. The van der Waals surface area contributed by atoms with Gasteiger partial charge in [-0.3, -0.25) is 14.8 Å². The zero-order valence-corrected chi connectivity index (χ0v) is 17.1. The van der Waals surface area contributed by atoms with Gasteiger partial charge in [0.05, 0.1) is 6.04 Å². The second-order valence-electron chi connectivity index (χ2n) is 8.91. The van der Waals surface area contributed by atoms with Crippen molar-refractivity contribution in [2.24, 2.45) is 5.92 Å². The summed E-state index contributed by atoms with van der Waals surface area (Å²) in [5, 5.41) is 7.34. The lowest BCUT2D eigenvalue weighted by atomic mass is 9.75. The van der Waals surface area contributed by atoms with Gasteiger partial charge in [0.2, 0.25) is 0 Å². The molecule has 6 heterocycles.